The third-order valence-corrected chi connectivity index (χ3v) is 3.75. The first-order valence-corrected chi connectivity index (χ1v) is 7.63. The van der Waals surface area contributed by atoms with Crippen molar-refractivity contribution in [2.75, 3.05) is 6.54 Å². The molecular weight excluding hydrogens is 335 g/mol. The van der Waals surface area contributed by atoms with Crippen molar-refractivity contribution in [2.45, 2.75) is 27.0 Å². The van der Waals surface area contributed by atoms with Gasteiger partial charge < -0.3 is 10.1 Å². The van der Waals surface area contributed by atoms with Gasteiger partial charge in [-0.05, 0) is 37.7 Å². The SMILES string of the molecule is CCNCc1nc(C)ccc1OCc1ccc(F)cc1Br. The smallest absolute Gasteiger partial charge is 0.142 e. The van der Waals surface area contributed by atoms with Crippen LogP contribution in [0.2, 0.25) is 0 Å². The van der Waals surface area contributed by atoms with Crippen molar-refractivity contribution in [3.63, 3.8) is 0 Å². The zero-order valence-corrected chi connectivity index (χ0v) is 13.7. The summed E-state index contributed by atoms with van der Waals surface area (Å²) in [5, 5.41) is 3.25. The van der Waals surface area contributed by atoms with Crippen molar-refractivity contribution < 1.29 is 9.13 Å². The number of nitrogens with zero attached hydrogens (tertiary/aromatic N) is 1. The Morgan fingerprint density at radius 2 is 2.10 bits per heavy atom. The van der Waals surface area contributed by atoms with E-state index in [1.54, 1.807) is 6.07 Å². The molecule has 0 radical (unpaired) electrons. The molecule has 0 bridgehead atoms. The molecule has 2 rings (SSSR count). The molecule has 0 atom stereocenters. The summed E-state index contributed by atoms with van der Waals surface area (Å²) >= 11 is 3.34. The van der Waals surface area contributed by atoms with Crippen LogP contribution in [0.5, 0.6) is 5.75 Å². The second kappa shape index (κ2) is 7.52. The third-order valence-electron chi connectivity index (χ3n) is 3.01. The van der Waals surface area contributed by atoms with E-state index in [-0.39, 0.29) is 5.82 Å². The summed E-state index contributed by atoms with van der Waals surface area (Å²) < 4.78 is 19.6. The first-order chi connectivity index (χ1) is 10.1. The Kier molecular flexibility index (Phi) is 5.70. The topological polar surface area (TPSA) is 34.2 Å². The maximum Gasteiger partial charge on any atom is 0.142 e. The molecule has 1 heterocycles. The lowest BCUT2D eigenvalue weighted by Crippen LogP contribution is -2.14. The molecule has 0 aliphatic carbocycles. The van der Waals surface area contributed by atoms with E-state index in [9.17, 15) is 4.39 Å². The van der Waals surface area contributed by atoms with Gasteiger partial charge in [0, 0.05) is 22.3 Å². The zero-order valence-electron chi connectivity index (χ0n) is 12.1. The van der Waals surface area contributed by atoms with Gasteiger partial charge in [-0.3, -0.25) is 4.98 Å². The highest BCUT2D eigenvalue weighted by atomic mass is 79.9. The number of halogens is 2. The van der Waals surface area contributed by atoms with E-state index in [1.165, 1.54) is 12.1 Å². The Morgan fingerprint density at radius 3 is 2.81 bits per heavy atom. The maximum absolute atomic E-state index is 13.1. The van der Waals surface area contributed by atoms with E-state index in [1.807, 2.05) is 26.0 Å². The average molecular weight is 353 g/mol. The van der Waals surface area contributed by atoms with E-state index in [4.69, 9.17) is 4.74 Å². The monoisotopic (exact) mass is 352 g/mol. The Morgan fingerprint density at radius 1 is 1.29 bits per heavy atom. The summed E-state index contributed by atoms with van der Waals surface area (Å²) in [6, 6.07) is 8.42. The minimum absolute atomic E-state index is 0.268. The van der Waals surface area contributed by atoms with Crippen molar-refractivity contribution in [2.24, 2.45) is 0 Å². The van der Waals surface area contributed by atoms with Gasteiger partial charge in [0.15, 0.2) is 0 Å². The Labute approximate surface area is 132 Å². The molecule has 1 N–H and O–H groups in total. The summed E-state index contributed by atoms with van der Waals surface area (Å²) in [6.07, 6.45) is 0. The summed E-state index contributed by atoms with van der Waals surface area (Å²) in [7, 11) is 0. The number of aromatic nitrogens is 1. The number of rotatable bonds is 6. The Bertz CT molecular complexity index is 619. The largest absolute Gasteiger partial charge is 0.487 e. The second-order valence-electron chi connectivity index (χ2n) is 4.70. The fraction of sp³-hybridized carbons (Fsp3) is 0.312. The maximum atomic E-state index is 13.1. The van der Waals surface area contributed by atoms with Crippen molar-refractivity contribution in [3.05, 3.63) is 57.6 Å². The fourth-order valence-corrected chi connectivity index (χ4v) is 2.36. The fourth-order valence-electron chi connectivity index (χ4n) is 1.89. The van der Waals surface area contributed by atoms with Crippen molar-refractivity contribution in [3.8, 4) is 5.75 Å². The molecule has 0 saturated carbocycles. The van der Waals surface area contributed by atoms with Crippen LogP contribution in [0.25, 0.3) is 0 Å². The van der Waals surface area contributed by atoms with Gasteiger partial charge in [0.1, 0.15) is 18.2 Å². The summed E-state index contributed by atoms with van der Waals surface area (Å²) in [4.78, 5) is 4.50. The van der Waals surface area contributed by atoms with Crippen molar-refractivity contribution in [1.82, 2.24) is 10.3 Å². The van der Waals surface area contributed by atoms with Gasteiger partial charge in [-0.25, -0.2) is 4.39 Å². The van der Waals surface area contributed by atoms with Crippen LogP contribution in [0.4, 0.5) is 4.39 Å². The molecule has 0 fully saturated rings. The molecule has 5 heteroatoms. The van der Waals surface area contributed by atoms with E-state index in [0.717, 1.165) is 29.2 Å². The van der Waals surface area contributed by atoms with Crippen LogP contribution in [0.1, 0.15) is 23.9 Å². The summed E-state index contributed by atoms with van der Waals surface area (Å²) in [6.45, 7) is 5.91. The van der Waals surface area contributed by atoms with Crippen LogP contribution in [0, 0.1) is 12.7 Å². The van der Waals surface area contributed by atoms with E-state index in [0.29, 0.717) is 17.6 Å². The van der Waals surface area contributed by atoms with Crippen LogP contribution in [0.15, 0.2) is 34.8 Å². The molecule has 0 spiro atoms. The molecule has 0 aliphatic rings. The molecule has 112 valence electrons. The predicted octanol–water partition coefficient (Wildman–Crippen LogP) is 3.98. The number of pyridine rings is 1. The number of benzene rings is 1. The number of hydrogen-bond donors (Lipinski definition) is 1. The first-order valence-electron chi connectivity index (χ1n) is 6.84. The lowest BCUT2D eigenvalue weighted by atomic mass is 10.2. The molecule has 21 heavy (non-hydrogen) atoms. The minimum atomic E-state index is -0.268. The Hall–Kier alpha value is -1.46. The van der Waals surface area contributed by atoms with Crippen molar-refractivity contribution in [1.29, 1.82) is 0 Å². The van der Waals surface area contributed by atoms with Gasteiger partial charge in [0.05, 0.1) is 5.69 Å². The van der Waals surface area contributed by atoms with Gasteiger partial charge in [-0.1, -0.05) is 28.9 Å². The van der Waals surface area contributed by atoms with Crippen molar-refractivity contribution >= 4 is 15.9 Å². The highest BCUT2D eigenvalue weighted by Gasteiger charge is 2.08. The average Bonchev–Trinajstić information content (AvgIpc) is 2.45. The molecule has 3 nitrogen and oxygen atoms in total. The molecule has 2 aromatic rings. The zero-order chi connectivity index (χ0) is 15.2. The highest BCUT2D eigenvalue weighted by molar-refractivity contribution is 9.10. The number of ether oxygens (including phenoxy) is 1. The molecule has 0 amide bonds. The third kappa shape index (κ3) is 4.51. The van der Waals surface area contributed by atoms with Gasteiger partial charge in [0.2, 0.25) is 0 Å². The van der Waals surface area contributed by atoms with Gasteiger partial charge in [-0.15, -0.1) is 0 Å². The standard InChI is InChI=1S/C16H18BrFN2O/c1-3-19-9-15-16(7-4-11(2)20-15)21-10-12-5-6-13(18)8-14(12)17/h4-8,19H,3,9-10H2,1-2H3. The van der Waals surface area contributed by atoms with Crippen LogP contribution in [-0.2, 0) is 13.2 Å². The number of hydrogen-bond acceptors (Lipinski definition) is 3. The number of nitrogens with one attached hydrogen (secondary N) is 1. The summed E-state index contributed by atoms with van der Waals surface area (Å²) in [5.74, 6) is 0.480. The van der Waals surface area contributed by atoms with E-state index >= 15 is 0 Å². The van der Waals surface area contributed by atoms with E-state index in [2.05, 4.69) is 26.2 Å². The van der Waals surface area contributed by atoms with Crippen LogP contribution < -0.4 is 10.1 Å². The molecule has 0 unspecified atom stereocenters. The van der Waals surface area contributed by atoms with Crippen LogP contribution in [-0.4, -0.2) is 11.5 Å². The molecular formula is C16H18BrFN2O. The first kappa shape index (κ1) is 15.9. The van der Waals surface area contributed by atoms with Crippen LogP contribution >= 0.6 is 15.9 Å². The lowest BCUT2D eigenvalue weighted by Gasteiger charge is -2.12. The molecule has 1 aromatic heterocycles. The quantitative estimate of drug-likeness (QED) is 0.853. The molecule has 1 aromatic carbocycles. The van der Waals surface area contributed by atoms with Gasteiger partial charge >= 0.3 is 0 Å². The van der Waals surface area contributed by atoms with Gasteiger partial charge in [0.25, 0.3) is 0 Å². The summed E-state index contributed by atoms with van der Waals surface area (Å²) in [5.41, 5.74) is 2.74. The minimum Gasteiger partial charge on any atom is -0.487 e. The second-order valence-corrected chi connectivity index (χ2v) is 5.56. The van der Waals surface area contributed by atoms with E-state index < -0.39 is 0 Å². The van der Waals surface area contributed by atoms with Crippen LogP contribution in [0.3, 0.4) is 0 Å². The molecule has 0 aliphatic heterocycles. The lowest BCUT2D eigenvalue weighted by molar-refractivity contribution is 0.299. The highest BCUT2D eigenvalue weighted by Crippen LogP contribution is 2.22. The Balaban J connectivity index is 2.11. The normalized spacial score (nSPS) is 10.7. The van der Waals surface area contributed by atoms with Gasteiger partial charge in [-0.2, -0.15) is 0 Å². The number of aryl methyl sites for hydroxylation is 1. The predicted molar refractivity (Wildman–Crippen MR) is 84.8 cm³/mol. The molecule has 0 saturated heterocycles.